The van der Waals surface area contributed by atoms with Crippen molar-refractivity contribution in [2.24, 2.45) is 0 Å². The maximum absolute atomic E-state index is 4.80. The van der Waals surface area contributed by atoms with E-state index in [-0.39, 0.29) is 0 Å². The molecule has 1 fully saturated rings. The number of H-pyrrole nitrogens is 1. The Morgan fingerprint density at radius 3 is 3.08 bits per heavy atom. The van der Waals surface area contributed by atoms with Crippen LogP contribution in [0, 0.1) is 0 Å². The van der Waals surface area contributed by atoms with E-state index in [2.05, 4.69) is 37.4 Å². The van der Waals surface area contributed by atoms with Crippen molar-refractivity contribution in [1.82, 2.24) is 30.0 Å². The van der Waals surface area contributed by atoms with E-state index < -0.39 is 0 Å². The van der Waals surface area contributed by atoms with E-state index in [1.54, 1.807) is 0 Å². The van der Waals surface area contributed by atoms with Crippen LogP contribution in [-0.2, 0) is 12.8 Å². The average Bonchev–Trinajstić information content (AvgIpc) is 3.30. The number of anilines is 1. The van der Waals surface area contributed by atoms with Crippen molar-refractivity contribution in [1.29, 1.82) is 0 Å². The predicted octanol–water partition coefficient (Wildman–Crippen LogP) is 2.41. The molecule has 1 aliphatic carbocycles. The summed E-state index contributed by atoms with van der Waals surface area (Å²) in [6.45, 7) is 2.14. The maximum Gasteiger partial charge on any atom is 0.222 e. The van der Waals surface area contributed by atoms with Gasteiger partial charge in [0, 0.05) is 41.5 Å². The second-order valence-electron chi connectivity index (χ2n) is 7.34. The fraction of sp³-hybridized carbons (Fsp3) is 0.474. The fourth-order valence-corrected chi connectivity index (χ4v) is 4.30. The first kappa shape index (κ1) is 15.7. The third kappa shape index (κ3) is 2.63. The van der Waals surface area contributed by atoms with Crippen molar-refractivity contribution in [2.45, 2.75) is 38.1 Å². The minimum absolute atomic E-state index is 0.689. The summed E-state index contributed by atoms with van der Waals surface area (Å²) in [5.41, 5.74) is 5.48. The lowest BCUT2D eigenvalue weighted by Crippen LogP contribution is -2.27. The number of fused-ring (bicyclic) bond motifs is 5. The number of aryl methyl sites for hydroxylation is 2. The van der Waals surface area contributed by atoms with Crippen molar-refractivity contribution >= 4 is 17.0 Å². The summed E-state index contributed by atoms with van der Waals surface area (Å²) in [5, 5.41) is 11.6. The number of aromatic amines is 1. The smallest absolute Gasteiger partial charge is 0.222 e. The summed E-state index contributed by atoms with van der Waals surface area (Å²) in [4.78, 5) is 16.3. The molecule has 3 aromatic rings. The van der Waals surface area contributed by atoms with Crippen LogP contribution in [0.5, 0.6) is 0 Å². The van der Waals surface area contributed by atoms with Gasteiger partial charge < -0.3 is 10.2 Å². The van der Waals surface area contributed by atoms with Gasteiger partial charge in [0.15, 0.2) is 5.65 Å². The maximum atomic E-state index is 4.80. The van der Waals surface area contributed by atoms with Gasteiger partial charge in [-0.3, -0.25) is 5.10 Å². The molecule has 3 aromatic heterocycles. The standard InChI is InChI=1S/C19H23N7/c1-26-8-2-3-13(26)6-7-20-19-22-10-14-16(24-19)5-4-12-9-21-18-15(17(12)14)11-23-25-18/h9-11,13H,2-8H2,1H3,(H,20,22,24)(H,21,23,25). The summed E-state index contributed by atoms with van der Waals surface area (Å²) in [7, 11) is 2.22. The number of aromatic nitrogens is 5. The Kier molecular flexibility index (Phi) is 3.81. The Labute approximate surface area is 152 Å². The van der Waals surface area contributed by atoms with Gasteiger partial charge in [-0.2, -0.15) is 5.10 Å². The number of nitrogens with one attached hydrogen (secondary N) is 2. The molecule has 2 aliphatic rings. The zero-order valence-electron chi connectivity index (χ0n) is 15.0. The highest BCUT2D eigenvalue weighted by molar-refractivity contribution is 5.95. The Bertz CT molecular complexity index is 948. The fourth-order valence-electron chi connectivity index (χ4n) is 4.30. The number of nitrogens with zero attached hydrogens (tertiary/aromatic N) is 5. The van der Waals surface area contributed by atoms with E-state index in [0.29, 0.717) is 6.04 Å². The molecule has 2 N–H and O–H groups in total. The first-order chi connectivity index (χ1) is 12.8. The van der Waals surface area contributed by atoms with Crippen molar-refractivity contribution < 1.29 is 0 Å². The highest BCUT2D eigenvalue weighted by atomic mass is 15.2. The second-order valence-corrected chi connectivity index (χ2v) is 7.34. The van der Waals surface area contributed by atoms with Gasteiger partial charge in [0.1, 0.15) is 0 Å². The number of pyridine rings is 1. The van der Waals surface area contributed by atoms with Crippen LogP contribution in [0.4, 0.5) is 5.95 Å². The van der Waals surface area contributed by atoms with E-state index in [4.69, 9.17) is 4.98 Å². The predicted molar refractivity (Wildman–Crippen MR) is 101 cm³/mol. The lowest BCUT2D eigenvalue weighted by Gasteiger charge is -2.21. The molecular formula is C19H23N7. The van der Waals surface area contributed by atoms with Crippen LogP contribution in [0.1, 0.15) is 30.5 Å². The minimum atomic E-state index is 0.689. The first-order valence-electron chi connectivity index (χ1n) is 9.41. The molecule has 0 amide bonds. The van der Waals surface area contributed by atoms with Gasteiger partial charge in [0.25, 0.3) is 0 Å². The van der Waals surface area contributed by atoms with Gasteiger partial charge >= 0.3 is 0 Å². The molecule has 7 nitrogen and oxygen atoms in total. The normalized spacial score (nSPS) is 19.5. The quantitative estimate of drug-likeness (QED) is 0.753. The summed E-state index contributed by atoms with van der Waals surface area (Å²) in [6, 6.07) is 0.689. The largest absolute Gasteiger partial charge is 0.354 e. The summed E-state index contributed by atoms with van der Waals surface area (Å²) in [5.74, 6) is 0.741. The van der Waals surface area contributed by atoms with Crippen LogP contribution in [0.15, 0.2) is 18.6 Å². The second kappa shape index (κ2) is 6.32. The Balaban J connectivity index is 1.37. The molecule has 1 saturated heterocycles. The zero-order valence-corrected chi connectivity index (χ0v) is 15.0. The lowest BCUT2D eigenvalue weighted by molar-refractivity contribution is 0.301. The Morgan fingerprint density at radius 1 is 1.23 bits per heavy atom. The molecule has 26 heavy (non-hydrogen) atoms. The molecule has 5 rings (SSSR count). The Morgan fingerprint density at radius 2 is 2.19 bits per heavy atom. The third-order valence-electron chi connectivity index (χ3n) is 5.76. The molecule has 0 saturated carbocycles. The lowest BCUT2D eigenvalue weighted by atomic mass is 9.89. The zero-order chi connectivity index (χ0) is 17.5. The number of hydrogen-bond donors (Lipinski definition) is 2. The van der Waals surface area contributed by atoms with Crippen molar-refractivity contribution in [3.8, 4) is 11.1 Å². The van der Waals surface area contributed by atoms with Crippen LogP contribution < -0.4 is 5.32 Å². The van der Waals surface area contributed by atoms with Gasteiger partial charge in [-0.05, 0) is 51.3 Å². The number of rotatable bonds is 4. The number of likely N-dealkylation sites (tertiary alicyclic amines) is 1. The highest BCUT2D eigenvalue weighted by Crippen LogP contribution is 2.36. The topological polar surface area (TPSA) is 82.6 Å². The van der Waals surface area contributed by atoms with E-state index in [9.17, 15) is 0 Å². The first-order valence-corrected chi connectivity index (χ1v) is 9.41. The van der Waals surface area contributed by atoms with Crippen molar-refractivity contribution in [3.63, 3.8) is 0 Å². The minimum Gasteiger partial charge on any atom is -0.354 e. The van der Waals surface area contributed by atoms with E-state index in [1.807, 2.05) is 18.6 Å². The van der Waals surface area contributed by atoms with Crippen molar-refractivity contribution in [2.75, 3.05) is 25.5 Å². The monoisotopic (exact) mass is 349 g/mol. The average molecular weight is 349 g/mol. The van der Waals surface area contributed by atoms with Gasteiger partial charge in [-0.1, -0.05) is 0 Å². The summed E-state index contributed by atoms with van der Waals surface area (Å²) >= 11 is 0. The van der Waals surface area contributed by atoms with Crippen LogP contribution in [-0.4, -0.2) is 56.2 Å². The molecular weight excluding hydrogens is 326 g/mol. The molecule has 1 atom stereocenters. The molecule has 1 unspecified atom stereocenters. The van der Waals surface area contributed by atoms with Crippen LogP contribution in [0.3, 0.4) is 0 Å². The van der Waals surface area contributed by atoms with E-state index in [1.165, 1.54) is 30.5 Å². The van der Waals surface area contributed by atoms with Gasteiger partial charge in [-0.25, -0.2) is 15.0 Å². The molecule has 0 spiro atoms. The van der Waals surface area contributed by atoms with E-state index >= 15 is 0 Å². The van der Waals surface area contributed by atoms with Gasteiger partial charge in [0.05, 0.1) is 11.9 Å². The molecule has 0 bridgehead atoms. The van der Waals surface area contributed by atoms with E-state index in [0.717, 1.165) is 54.0 Å². The molecule has 7 heteroatoms. The van der Waals surface area contributed by atoms with Gasteiger partial charge in [0.2, 0.25) is 5.95 Å². The van der Waals surface area contributed by atoms with Gasteiger partial charge in [-0.15, -0.1) is 0 Å². The molecule has 1 aliphatic heterocycles. The highest BCUT2D eigenvalue weighted by Gasteiger charge is 2.23. The number of hydrogen-bond acceptors (Lipinski definition) is 6. The summed E-state index contributed by atoms with van der Waals surface area (Å²) < 4.78 is 0. The molecule has 0 aromatic carbocycles. The third-order valence-corrected chi connectivity index (χ3v) is 5.76. The molecule has 0 radical (unpaired) electrons. The SMILES string of the molecule is CN1CCCC1CCNc1ncc2c(n1)CCc1cnc3[nH]ncc3c1-2. The Hall–Kier alpha value is -2.54. The van der Waals surface area contributed by atoms with Crippen LogP contribution >= 0.6 is 0 Å². The molecule has 134 valence electrons. The summed E-state index contributed by atoms with van der Waals surface area (Å²) in [6.07, 6.45) is 11.4. The van der Waals surface area contributed by atoms with Crippen LogP contribution in [0.2, 0.25) is 0 Å². The molecule has 4 heterocycles. The van der Waals surface area contributed by atoms with Crippen LogP contribution in [0.25, 0.3) is 22.2 Å². The van der Waals surface area contributed by atoms with Crippen molar-refractivity contribution in [3.05, 3.63) is 29.8 Å².